The topological polar surface area (TPSA) is 92.4 Å². The van der Waals surface area contributed by atoms with Crippen molar-refractivity contribution in [3.8, 4) is 29.0 Å². The Morgan fingerprint density at radius 2 is 1.48 bits per heavy atom. The van der Waals surface area contributed by atoms with Gasteiger partial charge in [0, 0.05) is 11.6 Å². The number of para-hydroxylation sites is 1. The molecule has 0 bridgehead atoms. The van der Waals surface area contributed by atoms with Gasteiger partial charge in [-0.25, -0.2) is 0 Å². The fourth-order valence-corrected chi connectivity index (χ4v) is 2.55. The highest BCUT2D eigenvalue weighted by Crippen LogP contribution is 2.35. The van der Waals surface area contributed by atoms with Crippen LogP contribution in [0.25, 0.3) is 10.9 Å². The van der Waals surface area contributed by atoms with Crippen molar-refractivity contribution in [3.05, 3.63) is 67.1 Å². The van der Waals surface area contributed by atoms with Crippen molar-refractivity contribution in [2.45, 2.75) is 0 Å². The number of ether oxygens (including phenoxy) is 3. The lowest BCUT2D eigenvalue weighted by molar-refractivity contribution is 0.411. The van der Waals surface area contributed by atoms with E-state index >= 15 is 0 Å². The number of hydrogen-bond acceptors (Lipinski definition) is 7. The summed E-state index contributed by atoms with van der Waals surface area (Å²) in [7, 11) is 1.60. The number of rotatable bonds is 5. The quantitative estimate of drug-likeness (QED) is 0.570. The van der Waals surface area contributed by atoms with Gasteiger partial charge in [-0.3, -0.25) is 4.98 Å². The third-order valence-corrected chi connectivity index (χ3v) is 3.89. The number of benzene rings is 2. The molecule has 7 heteroatoms. The molecule has 2 heterocycles. The van der Waals surface area contributed by atoms with Gasteiger partial charge < -0.3 is 19.9 Å². The lowest BCUT2D eigenvalue weighted by atomic mass is 10.2. The van der Waals surface area contributed by atoms with Crippen LogP contribution in [0, 0.1) is 0 Å². The van der Waals surface area contributed by atoms with Gasteiger partial charge in [0.25, 0.3) is 0 Å². The van der Waals surface area contributed by atoms with Crippen molar-refractivity contribution in [2.24, 2.45) is 0 Å². The van der Waals surface area contributed by atoms with Gasteiger partial charge in [0.2, 0.25) is 11.8 Å². The highest BCUT2D eigenvalue weighted by molar-refractivity contribution is 5.84. The van der Waals surface area contributed by atoms with Crippen LogP contribution in [0.5, 0.6) is 29.0 Å². The first-order valence-corrected chi connectivity index (χ1v) is 8.18. The van der Waals surface area contributed by atoms with Crippen LogP contribution in [0.2, 0.25) is 0 Å². The number of hydrogen-bond donors (Lipinski definition) is 1. The Kier molecular flexibility index (Phi) is 4.40. The zero-order valence-corrected chi connectivity index (χ0v) is 14.5. The minimum Gasteiger partial charge on any atom is -0.497 e. The van der Waals surface area contributed by atoms with Gasteiger partial charge in [0.05, 0.1) is 7.11 Å². The first-order chi connectivity index (χ1) is 13.2. The number of aromatic nitrogens is 3. The summed E-state index contributed by atoms with van der Waals surface area (Å²) in [5.41, 5.74) is 7.07. The fourth-order valence-electron chi connectivity index (χ4n) is 2.55. The maximum atomic E-state index is 6.16. The summed E-state index contributed by atoms with van der Waals surface area (Å²) in [6.07, 6.45) is 3.04. The maximum absolute atomic E-state index is 6.16. The van der Waals surface area contributed by atoms with Crippen LogP contribution < -0.4 is 19.9 Å². The van der Waals surface area contributed by atoms with E-state index in [1.807, 2.05) is 24.3 Å². The van der Waals surface area contributed by atoms with Gasteiger partial charge in [-0.1, -0.05) is 18.2 Å². The third kappa shape index (κ3) is 3.43. The van der Waals surface area contributed by atoms with E-state index in [9.17, 15) is 0 Å². The second-order valence-corrected chi connectivity index (χ2v) is 5.61. The normalized spacial score (nSPS) is 10.6. The number of nitrogens with two attached hydrogens (primary N) is 1. The van der Waals surface area contributed by atoms with Crippen molar-refractivity contribution in [2.75, 3.05) is 12.8 Å². The maximum Gasteiger partial charge on any atom is 0.249 e. The first kappa shape index (κ1) is 16.6. The molecule has 7 nitrogen and oxygen atoms in total. The minimum atomic E-state index is 0.196. The molecule has 0 spiro atoms. The van der Waals surface area contributed by atoms with Crippen LogP contribution in [-0.4, -0.2) is 22.1 Å². The summed E-state index contributed by atoms with van der Waals surface area (Å²) in [5, 5.41) is 0.956. The molecule has 0 unspecified atom stereocenters. The predicted molar refractivity (Wildman–Crippen MR) is 101 cm³/mol. The van der Waals surface area contributed by atoms with Crippen LogP contribution >= 0.6 is 0 Å². The molecule has 0 aliphatic carbocycles. The second-order valence-electron chi connectivity index (χ2n) is 5.61. The lowest BCUT2D eigenvalue weighted by Crippen LogP contribution is -2.01. The number of methoxy groups -OCH3 is 1. The Morgan fingerprint density at radius 3 is 2.26 bits per heavy atom. The Hall–Kier alpha value is -3.87. The Bertz CT molecular complexity index is 1080. The molecule has 4 rings (SSSR count). The Balaban J connectivity index is 1.63. The summed E-state index contributed by atoms with van der Waals surface area (Å²) in [6, 6.07) is 16.6. The summed E-state index contributed by atoms with van der Waals surface area (Å²) >= 11 is 0. The number of anilines is 1. The number of nitrogen functional groups attached to an aromatic ring is 1. The molecular formula is C20H16N4O3. The van der Waals surface area contributed by atoms with Gasteiger partial charge in [0.15, 0.2) is 11.4 Å². The van der Waals surface area contributed by atoms with E-state index in [1.54, 1.807) is 43.6 Å². The summed E-state index contributed by atoms with van der Waals surface area (Å²) in [4.78, 5) is 12.6. The standard InChI is InChI=1S/C20H16N4O3/c1-25-14-7-9-15(10-8-14)26-19-17(21)20(24-12-23-19)27-16-6-2-4-13-5-3-11-22-18(13)16/h2-12H,21H2,1H3. The van der Waals surface area contributed by atoms with Crippen LogP contribution in [0.1, 0.15) is 0 Å². The van der Waals surface area contributed by atoms with E-state index in [4.69, 9.17) is 19.9 Å². The fraction of sp³-hybridized carbons (Fsp3) is 0.0500. The highest BCUT2D eigenvalue weighted by Gasteiger charge is 2.14. The van der Waals surface area contributed by atoms with Crippen LogP contribution in [-0.2, 0) is 0 Å². The summed E-state index contributed by atoms with van der Waals surface area (Å²) in [5.74, 6) is 2.25. The summed E-state index contributed by atoms with van der Waals surface area (Å²) < 4.78 is 16.8. The van der Waals surface area contributed by atoms with Gasteiger partial charge in [0.1, 0.15) is 23.3 Å². The van der Waals surface area contributed by atoms with Gasteiger partial charge in [-0.15, -0.1) is 0 Å². The molecule has 0 saturated carbocycles. The third-order valence-electron chi connectivity index (χ3n) is 3.89. The van der Waals surface area contributed by atoms with Crippen molar-refractivity contribution in [1.82, 2.24) is 15.0 Å². The molecule has 2 aromatic carbocycles. The monoisotopic (exact) mass is 360 g/mol. The molecule has 0 amide bonds. The Labute approximate surface area is 155 Å². The van der Waals surface area contributed by atoms with Gasteiger partial charge in [-0.2, -0.15) is 9.97 Å². The van der Waals surface area contributed by atoms with E-state index in [0.717, 1.165) is 16.7 Å². The molecule has 0 aliphatic heterocycles. The van der Waals surface area contributed by atoms with Gasteiger partial charge in [-0.05, 0) is 36.4 Å². The molecule has 0 aliphatic rings. The van der Waals surface area contributed by atoms with E-state index < -0.39 is 0 Å². The second kappa shape index (κ2) is 7.17. The molecule has 2 N–H and O–H groups in total. The van der Waals surface area contributed by atoms with Crippen molar-refractivity contribution >= 4 is 16.6 Å². The molecule has 4 aromatic rings. The number of nitrogens with zero attached hydrogens (tertiary/aromatic N) is 3. The minimum absolute atomic E-state index is 0.196. The van der Waals surface area contributed by atoms with E-state index in [0.29, 0.717) is 11.5 Å². The summed E-state index contributed by atoms with van der Waals surface area (Å²) in [6.45, 7) is 0. The number of fused-ring (bicyclic) bond motifs is 1. The molecule has 27 heavy (non-hydrogen) atoms. The van der Waals surface area contributed by atoms with Crippen molar-refractivity contribution < 1.29 is 14.2 Å². The molecule has 0 radical (unpaired) electrons. The van der Waals surface area contributed by atoms with Crippen LogP contribution in [0.4, 0.5) is 5.69 Å². The predicted octanol–water partition coefficient (Wildman–Crippen LogP) is 4.20. The average Bonchev–Trinajstić information content (AvgIpc) is 2.72. The molecule has 134 valence electrons. The molecule has 0 saturated heterocycles. The van der Waals surface area contributed by atoms with E-state index in [-0.39, 0.29) is 17.4 Å². The van der Waals surface area contributed by atoms with Crippen molar-refractivity contribution in [3.63, 3.8) is 0 Å². The average molecular weight is 360 g/mol. The van der Waals surface area contributed by atoms with Crippen LogP contribution in [0.3, 0.4) is 0 Å². The van der Waals surface area contributed by atoms with Gasteiger partial charge >= 0.3 is 0 Å². The number of pyridine rings is 1. The van der Waals surface area contributed by atoms with Crippen molar-refractivity contribution in [1.29, 1.82) is 0 Å². The lowest BCUT2D eigenvalue weighted by Gasteiger charge is -2.12. The molecule has 0 atom stereocenters. The zero-order valence-electron chi connectivity index (χ0n) is 14.5. The van der Waals surface area contributed by atoms with Crippen LogP contribution in [0.15, 0.2) is 67.1 Å². The Morgan fingerprint density at radius 1 is 0.778 bits per heavy atom. The molecule has 2 aromatic heterocycles. The smallest absolute Gasteiger partial charge is 0.249 e. The zero-order chi connectivity index (χ0) is 18.6. The van der Waals surface area contributed by atoms with E-state index in [2.05, 4.69) is 15.0 Å². The largest absolute Gasteiger partial charge is 0.497 e. The SMILES string of the molecule is COc1ccc(Oc2ncnc(Oc3cccc4cccnc34)c2N)cc1. The van der Waals surface area contributed by atoms with E-state index in [1.165, 1.54) is 6.33 Å². The molecular weight excluding hydrogens is 344 g/mol. The first-order valence-electron chi connectivity index (χ1n) is 8.18. The highest BCUT2D eigenvalue weighted by atomic mass is 16.5. The molecule has 0 fully saturated rings.